The van der Waals surface area contributed by atoms with E-state index in [0.717, 1.165) is 22.9 Å². The van der Waals surface area contributed by atoms with Crippen molar-refractivity contribution in [2.75, 3.05) is 26.4 Å². The zero-order valence-corrected chi connectivity index (χ0v) is 19.3. The molecule has 1 unspecified atom stereocenters. The molecule has 0 fully saturated rings. The summed E-state index contributed by atoms with van der Waals surface area (Å²) in [5.74, 6) is 1.78. The number of rotatable bonds is 7. The van der Waals surface area contributed by atoms with Gasteiger partial charge in [0, 0.05) is 5.69 Å². The third-order valence-corrected chi connectivity index (χ3v) is 6.07. The molecule has 0 heterocycles. The number of hydrogen-bond donors (Lipinski definition) is 1. The molecule has 4 rings (SSSR count). The number of halogens is 1. The van der Waals surface area contributed by atoms with E-state index >= 15 is 0 Å². The average Bonchev–Trinajstić information content (AvgIpc) is 2.76. The minimum atomic E-state index is 0. The molecule has 2 N–H and O–H groups in total. The maximum atomic E-state index is 6.10. The molecule has 3 aromatic rings. The quantitative estimate of drug-likeness (QED) is 0.462. The fraction of sp³-hybridized carbons (Fsp3) is 0.333. The van der Waals surface area contributed by atoms with Gasteiger partial charge in [-0.1, -0.05) is 42.5 Å². The molecule has 0 aromatic heterocycles. The molecule has 0 radical (unpaired) electrons. The summed E-state index contributed by atoms with van der Waals surface area (Å²) < 4.78 is 6.10. The van der Waals surface area contributed by atoms with Gasteiger partial charge in [0.2, 0.25) is 0 Å². The topological polar surface area (TPSA) is 38.5 Å². The van der Waals surface area contributed by atoms with Crippen LogP contribution in [-0.4, -0.2) is 25.5 Å². The summed E-state index contributed by atoms with van der Waals surface area (Å²) in [5, 5.41) is 0. The minimum Gasteiger partial charge on any atom is -0.489 e. The maximum absolute atomic E-state index is 6.10. The number of nitrogen functional groups attached to an aromatic ring is 1. The van der Waals surface area contributed by atoms with Crippen molar-refractivity contribution < 1.29 is 4.74 Å². The number of nitrogens with two attached hydrogens (primary N) is 1. The van der Waals surface area contributed by atoms with Crippen LogP contribution in [0, 0.1) is 5.92 Å². The Morgan fingerprint density at radius 1 is 0.935 bits per heavy atom. The number of aryl methyl sites for hydroxylation is 1. The average molecular weight is 437 g/mol. The molecule has 0 aliphatic heterocycles. The summed E-state index contributed by atoms with van der Waals surface area (Å²) in [6.45, 7) is 1.76. The zero-order chi connectivity index (χ0) is 20.9. The van der Waals surface area contributed by atoms with Crippen molar-refractivity contribution in [3.8, 4) is 16.9 Å². The van der Waals surface area contributed by atoms with Gasteiger partial charge in [-0.3, -0.25) is 0 Å². The summed E-state index contributed by atoms with van der Waals surface area (Å²) in [4.78, 5) is 2.29. The molecule has 0 amide bonds. The van der Waals surface area contributed by atoms with Crippen LogP contribution in [0.1, 0.15) is 29.5 Å². The lowest BCUT2D eigenvalue weighted by atomic mass is 9.82. The fourth-order valence-corrected chi connectivity index (χ4v) is 4.26. The summed E-state index contributed by atoms with van der Waals surface area (Å²) in [6.07, 6.45) is 4.94. The van der Waals surface area contributed by atoms with Crippen molar-refractivity contribution in [1.29, 1.82) is 0 Å². The van der Waals surface area contributed by atoms with Crippen LogP contribution in [0.15, 0.2) is 66.7 Å². The van der Waals surface area contributed by atoms with Crippen LogP contribution in [0.3, 0.4) is 0 Å². The SMILES string of the molecule is CN(C)CCC1CCc2cc(OCc3ccc(-c4cccc(N)c4)cc3)ccc2C1.Cl. The van der Waals surface area contributed by atoms with Crippen molar-refractivity contribution in [3.63, 3.8) is 0 Å². The second-order valence-electron chi connectivity index (χ2n) is 8.74. The van der Waals surface area contributed by atoms with E-state index in [4.69, 9.17) is 10.5 Å². The molecule has 0 saturated heterocycles. The van der Waals surface area contributed by atoms with Gasteiger partial charge < -0.3 is 15.4 Å². The minimum absolute atomic E-state index is 0. The van der Waals surface area contributed by atoms with E-state index in [0.29, 0.717) is 6.61 Å². The highest BCUT2D eigenvalue weighted by Gasteiger charge is 2.19. The molecule has 0 spiro atoms. The molecule has 1 aliphatic carbocycles. The summed E-state index contributed by atoms with van der Waals surface area (Å²) in [6, 6.07) is 23.2. The Labute approximate surface area is 192 Å². The Morgan fingerprint density at radius 2 is 1.74 bits per heavy atom. The van der Waals surface area contributed by atoms with Crippen molar-refractivity contribution in [2.24, 2.45) is 5.92 Å². The van der Waals surface area contributed by atoms with E-state index in [2.05, 4.69) is 67.5 Å². The van der Waals surface area contributed by atoms with Crippen molar-refractivity contribution in [2.45, 2.75) is 32.3 Å². The molecule has 3 aromatic carbocycles. The van der Waals surface area contributed by atoms with Crippen LogP contribution in [-0.2, 0) is 19.4 Å². The first kappa shape index (κ1) is 23.2. The van der Waals surface area contributed by atoms with E-state index in [9.17, 15) is 0 Å². The third kappa shape index (κ3) is 6.25. The van der Waals surface area contributed by atoms with Gasteiger partial charge in [-0.25, -0.2) is 0 Å². The molecule has 1 atom stereocenters. The summed E-state index contributed by atoms with van der Waals surface area (Å²) >= 11 is 0. The number of benzene rings is 3. The Kier molecular flexibility index (Phi) is 8.00. The molecular weight excluding hydrogens is 404 g/mol. The highest BCUT2D eigenvalue weighted by Crippen LogP contribution is 2.30. The standard InChI is InChI=1S/C27H32N2O.ClH/c1-29(2)15-14-20-6-11-25-18-27(13-12-24(25)16-20)30-19-21-7-9-22(10-8-21)23-4-3-5-26(28)17-23;/h3-5,7-10,12-13,17-18,20H,6,11,14-16,19,28H2,1-2H3;1H. The second-order valence-corrected chi connectivity index (χ2v) is 8.74. The number of anilines is 1. The lowest BCUT2D eigenvalue weighted by molar-refractivity contribution is 0.304. The monoisotopic (exact) mass is 436 g/mol. The lowest BCUT2D eigenvalue weighted by Gasteiger charge is -2.26. The first-order valence-corrected chi connectivity index (χ1v) is 10.9. The van der Waals surface area contributed by atoms with Gasteiger partial charge in [-0.15, -0.1) is 12.4 Å². The third-order valence-electron chi connectivity index (χ3n) is 6.07. The number of ether oxygens (including phenoxy) is 1. The van der Waals surface area contributed by atoms with E-state index in [1.807, 2.05) is 18.2 Å². The molecule has 4 heteroatoms. The van der Waals surface area contributed by atoms with Crippen molar-refractivity contribution in [3.05, 3.63) is 83.4 Å². The van der Waals surface area contributed by atoms with Gasteiger partial charge in [-0.05, 0) is 104 Å². The molecule has 1 aliphatic rings. The molecule has 164 valence electrons. The molecule has 31 heavy (non-hydrogen) atoms. The summed E-state index contributed by atoms with van der Waals surface area (Å²) in [7, 11) is 4.32. The van der Waals surface area contributed by atoms with Gasteiger partial charge in [0.05, 0.1) is 0 Å². The van der Waals surface area contributed by atoms with Gasteiger partial charge in [-0.2, -0.15) is 0 Å². The zero-order valence-electron chi connectivity index (χ0n) is 18.5. The van der Waals surface area contributed by atoms with Crippen LogP contribution in [0.25, 0.3) is 11.1 Å². The Morgan fingerprint density at radius 3 is 2.48 bits per heavy atom. The normalized spacial score (nSPS) is 15.3. The second kappa shape index (κ2) is 10.7. The molecule has 0 bridgehead atoms. The lowest BCUT2D eigenvalue weighted by Crippen LogP contribution is -2.21. The van der Waals surface area contributed by atoms with E-state index in [-0.39, 0.29) is 12.4 Å². The van der Waals surface area contributed by atoms with Crippen LogP contribution < -0.4 is 10.5 Å². The fourth-order valence-electron chi connectivity index (χ4n) is 4.26. The largest absolute Gasteiger partial charge is 0.489 e. The Balaban J connectivity index is 0.00000272. The van der Waals surface area contributed by atoms with Gasteiger partial charge in [0.1, 0.15) is 12.4 Å². The molecule has 0 saturated carbocycles. The van der Waals surface area contributed by atoms with Crippen LogP contribution in [0.4, 0.5) is 5.69 Å². The molecule has 3 nitrogen and oxygen atoms in total. The first-order chi connectivity index (χ1) is 14.6. The van der Waals surface area contributed by atoms with Gasteiger partial charge in [0.25, 0.3) is 0 Å². The highest BCUT2D eigenvalue weighted by molar-refractivity contribution is 5.85. The number of nitrogens with zero attached hydrogens (tertiary/aromatic N) is 1. The van der Waals surface area contributed by atoms with Crippen LogP contribution in [0.5, 0.6) is 5.75 Å². The summed E-state index contributed by atoms with van der Waals surface area (Å²) in [5.41, 5.74) is 13.1. The van der Waals surface area contributed by atoms with Gasteiger partial charge in [0.15, 0.2) is 0 Å². The Bertz CT molecular complexity index is 985. The van der Waals surface area contributed by atoms with Crippen molar-refractivity contribution in [1.82, 2.24) is 4.90 Å². The van der Waals surface area contributed by atoms with Crippen LogP contribution >= 0.6 is 12.4 Å². The van der Waals surface area contributed by atoms with Crippen molar-refractivity contribution >= 4 is 18.1 Å². The van der Waals surface area contributed by atoms with Gasteiger partial charge >= 0.3 is 0 Å². The number of hydrogen-bond acceptors (Lipinski definition) is 3. The predicted molar refractivity (Wildman–Crippen MR) is 133 cm³/mol. The van der Waals surface area contributed by atoms with E-state index < -0.39 is 0 Å². The number of fused-ring (bicyclic) bond motifs is 1. The highest BCUT2D eigenvalue weighted by atomic mass is 35.5. The molecular formula is C27H33ClN2O. The first-order valence-electron chi connectivity index (χ1n) is 10.9. The Hall–Kier alpha value is -2.49. The maximum Gasteiger partial charge on any atom is 0.120 e. The smallest absolute Gasteiger partial charge is 0.120 e. The van der Waals surface area contributed by atoms with Crippen LogP contribution in [0.2, 0.25) is 0 Å². The van der Waals surface area contributed by atoms with E-state index in [1.165, 1.54) is 54.5 Å². The predicted octanol–water partition coefficient (Wildman–Crippen LogP) is 5.99. The van der Waals surface area contributed by atoms with E-state index in [1.54, 1.807) is 0 Å².